The van der Waals surface area contributed by atoms with Crippen LogP contribution in [0.4, 0.5) is 0 Å². The van der Waals surface area contributed by atoms with Crippen molar-refractivity contribution in [3.05, 3.63) is 179 Å². The Labute approximate surface area is 278 Å². The van der Waals surface area contributed by atoms with Crippen LogP contribution in [0.1, 0.15) is 27.8 Å². The number of hydrogen-bond acceptors (Lipinski definition) is 6. The predicted molar refractivity (Wildman–Crippen MR) is 183 cm³/mol. The van der Waals surface area contributed by atoms with Gasteiger partial charge in [-0.2, -0.15) is 0 Å². The monoisotopic (exact) mass is 629 g/mol. The van der Waals surface area contributed by atoms with Gasteiger partial charge in [0.2, 0.25) is 0 Å². The summed E-state index contributed by atoms with van der Waals surface area (Å²) >= 11 is 0. The topological polar surface area (TPSA) is 72.2 Å². The summed E-state index contributed by atoms with van der Waals surface area (Å²) in [5.74, 6) is 0. The Morgan fingerprint density at radius 1 is 0.298 bits per heavy atom. The lowest BCUT2D eigenvalue weighted by molar-refractivity contribution is -0.256. The molecule has 0 saturated heterocycles. The quantitative estimate of drug-likeness (QED) is 0.132. The van der Waals surface area contributed by atoms with Crippen LogP contribution >= 0.6 is 0 Å². The molecule has 0 amide bonds. The van der Waals surface area contributed by atoms with E-state index in [1.54, 1.807) is 0 Å². The Hall–Kier alpha value is -4.14. The van der Waals surface area contributed by atoms with Crippen LogP contribution in [0.25, 0.3) is 0 Å². The van der Waals surface area contributed by atoms with Crippen molar-refractivity contribution in [1.82, 2.24) is 0 Å². The Morgan fingerprint density at radius 3 is 0.723 bits per heavy atom. The zero-order chi connectivity index (χ0) is 32.1. The molecule has 6 atom stereocenters. The van der Waals surface area contributed by atoms with Crippen molar-refractivity contribution in [2.75, 3.05) is 0 Å². The third kappa shape index (κ3) is 9.24. The molecule has 6 rings (SSSR count). The first-order chi connectivity index (χ1) is 23.2. The van der Waals surface area contributed by atoms with Gasteiger partial charge >= 0.3 is 0 Å². The van der Waals surface area contributed by atoms with E-state index in [4.69, 9.17) is 29.4 Å². The standard InChI is InChI=1S/C41H43NO5/c42-36-37(43-26-31-16-6-1-7-17-31)39(45-28-33-20-10-3-11-21-33)41(47-30-35-24-14-5-15-25-35)40(46-29-34-22-12-4-13-23-34)38(36)44-27-32-18-8-2-9-19-32/h1-25,36-41H,26-30,42H2/t36-,37+,38-,39-,40+,41-. The summed E-state index contributed by atoms with van der Waals surface area (Å²) < 4.78 is 33.7. The number of rotatable bonds is 15. The lowest BCUT2D eigenvalue weighted by atomic mass is 9.82. The number of nitrogens with two attached hydrogens (primary N) is 1. The third-order valence-electron chi connectivity index (χ3n) is 8.48. The molecular formula is C41H43NO5. The SMILES string of the molecule is N[C@H]1[C@@H](OCc2ccccc2)[C@H](OCc2ccccc2)[C@H](OCc2ccccc2)[C@H](OCc2ccccc2)[C@H]1OCc1ccccc1. The molecule has 0 unspecified atom stereocenters. The van der Waals surface area contributed by atoms with Gasteiger partial charge < -0.3 is 29.4 Å². The van der Waals surface area contributed by atoms with Gasteiger partial charge in [0.15, 0.2) is 0 Å². The highest BCUT2D eigenvalue weighted by molar-refractivity contribution is 5.18. The molecule has 1 saturated carbocycles. The predicted octanol–water partition coefficient (Wildman–Crippen LogP) is 7.25. The molecule has 0 radical (unpaired) electrons. The molecule has 1 aliphatic carbocycles. The summed E-state index contributed by atoms with van der Waals surface area (Å²) in [5, 5.41) is 0. The van der Waals surface area contributed by atoms with Gasteiger partial charge in [0, 0.05) is 0 Å². The lowest BCUT2D eigenvalue weighted by Gasteiger charge is -2.49. The Bertz CT molecular complexity index is 1470. The molecule has 1 fully saturated rings. The lowest BCUT2D eigenvalue weighted by Crippen LogP contribution is -2.69. The van der Waals surface area contributed by atoms with E-state index >= 15 is 0 Å². The van der Waals surface area contributed by atoms with E-state index in [2.05, 4.69) is 36.4 Å². The maximum Gasteiger partial charge on any atom is 0.115 e. The highest BCUT2D eigenvalue weighted by atomic mass is 16.6. The number of ether oxygens (including phenoxy) is 5. The third-order valence-corrected chi connectivity index (χ3v) is 8.48. The first-order valence-electron chi connectivity index (χ1n) is 16.3. The van der Waals surface area contributed by atoms with Crippen LogP contribution in [0.5, 0.6) is 0 Å². The summed E-state index contributed by atoms with van der Waals surface area (Å²) in [6.07, 6.45) is -2.73. The van der Waals surface area contributed by atoms with Crippen molar-refractivity contribution in [3.63, 3.8) is 0 Å². The van der Waals surface area contributed by atoms with E-state index < -0.39 is 36.6 Å². The summed E-state index contributed by atoms with van der Waals surface area (Å²) in [6.45, 7) is 1.85. The fourth-order valence-corrected chi connectivity index (χ4v) is 6.00. The van der Waals surface area contributed by atoms with E-state index in [1.165, 1.54) is 0 Å². The van der Waals surface area contributed by atoms with E-state index in [1.807, 2.05) is 115 Å². The Kier molecular flexibility index (Phi) is 12.0. The van der Waals surface area contributed by atoms with Gasteiger partial charge in [-0.05, 0) is 27.8 Å². The first-order valence-corrected chi connectivity index (χ1v) is 16.3. The van der Waals surface area contributed by atoms with Crippen LogP contribution < -0.4 is 5.73 Å². The minimum absolute atomic E-state index is 0.369. The molecule has 6 nitrogen and oxygen atoms in total. The van der Waals surface area contributed by atoms with Crippen molar-refractivity contribution in [2.45, 2.75) is 69.6 Å². The fraction of sp³-hybridized carbons (Fsp3) is 0.268. The molecule has 0 aliphatic heterocycles. The molecule has 0 heterocycles. The second-order valence-electron chi connectivity index (χ2n) is 11.9. The molecule has 0 bridgehead atoms. The summed E-state index contributed by atoms with van der Waals surface area (Å²) in [5.41, 5.74) is 12.4. The highest BCUT2D eigenvalue weighted by Crippen LogP contribution is 2.34. The van der Waals surface area contributed by atoms with Gasteiger partial charge in [-0.25, -0.2) is 0 Å². The second kappa shape index (κ2) is 17.1. The van der Waals surface area contributed by atoms with Crippen molar-refractivity contribution < 1.29 is 23.7 Å². The molecule has 1 aliphatic rings. The van der Waals surface area contributed by atoms with E-state index in [-0.39, 0.29) is 0 Å². The minimum Gasteiger partial charge on any atom is -0.369 e. The molecule has 0 aromatic heterocycles. The largest absolute Gasteiger partial charge is 0.369 e. The Balaban J connectivity index is 1.35. The van der Waals surface area contributed by atoms with E-state index in [9.17, 15) is 0 Å². The van der Waals surface area contributed by atoms with Gasteiger partial charge in [-0.1, -0.05) is 152 Å². The molecule has 6 heteroatoms. The molecule has 5 aromatic carbocycles. The van der Waals surface area contributed by atoms with Crippen molar-refractivity contribution in [2.24, 2.45) is 5.73 Å². The van der Waals surface area contributed by atoms with Crippen LogP contribution in [0.3, 0.4) is 0 Å². The maximum atomic E-state index is 7.17. The Morgan fingerprint density at radius 2 is 0.489 bits per heavy atom. The zero-order valence-electron chi connectivity index (χ0n) is 26.6. The van der Waals surface area contributed by atoms with Gasteiger partial charge in [0.05, 0.1) is 39.1 Å². The highest BCUT2D eigenvalue weighted by Gasteiger charge is 2.53. The normalized spacial score (nSPS) is 22.6. The van der Waals surface area contributed by atoms with Crippen LogP contribution in [0.2, 0.25) is 0 Å². The van der Waals surface area contributed by atoms with Crippen LogP contribution in [0.15, 0.2) is 152 Å². The molecule has 0 spiro atoms. The summed E-state index contributed by atoms with van der Waals surface area (Å²) in [4.78, 5) is 0. The number of hydrogen-bond donors (Lipinski definition) is 1. The maximum absolute atomic E-state index is 7.17. The zero-order valence-corrected chi connectivity index (χ0v) is 26.6. The molecule has 2 N–H and O–H groups in total. The molecular weight excluding hydrogens is 586 g/mol. The van der Waals surface area contributed by atoms with Gasteiger partial charge in [0.25, 0.3) is 0 Å². The van der Waals surface area contributed by atoms with Gasteiger partial charge in [-0.15, -0.1) is 0 Å². The molecule has 5 aromatic rings. The average Bonchev–Trinajstić information content (AvgIpc) is 3.14. The first kappa shape index (κ1) is 32.8. The summed E-state index contributed by atoms with van der Waals surface area (Å²) in [7, 11) is 0. The minimum atomic E-state index is -0.569. The smallest absolute Gasteiger partial charge is 0.115 e. The average molecular weight is 630 g/mol. The number of benzene rings is 5. The molecule has 242 valence electrons. The molecule has 47 heavy (non-hydrogen) atoms. The van der Waals surface area contributed by atoms with Crippen LogP contribution in [-0.2, 0) is 56.7 Å². The van der Waals surface area contributed by atoms with Crippen molar-refractivity contribution >= 4 is 0 Å². The van der Waals surface area contributed by atoms with Crippen molar-refractivity contribution in [3.8, 4) is 0 Å². The van der Waals surface area contributed by atoms with Crippen molar-refractivity contribution in [1.29, 1.82) is 0 Å². The summed E-state index contributed by atoms with van der Waals surface area (Å²) in [6, 6.07) is 50.0. The van der Waals surface area contributed by atoms with Crippen LogP contribution in [-0.4, -0.2) is 36.6 Å². The van der Waals surface area contributed by atoms with Gasteiger partial charge in [0.1, 0.15) is 30.5 Å². The van der Waals surface area contributed by atoms with Gasteiger partial charge in [-0.3, -0.25) is 0 Å². The van der Waals surface area contributed by atoms with E-state index in [0.29, 0.717) is 33.0 Å². The van der Waals surface area contributed by atoms with Crippen LogP contribution in [0, 0.1) is 0 Å². The van der Waals surface area contributed by atoms with E-state index in [0.717, 1.165) is 27.8 Å². The fourth-order valence-electron chi connectivity index (χ4n) is 6.00. The second-order valence-corrected chi connectivity index (χ2v) is 11.9.